The minimum Gasteiger partial charge on any atom is -0.385 e. The quantitative estimate of drug-likeness (QED) is 0.831. The van der Waals surface area contributed by atoms with E-state index >= 15 is 0 Å². The molecule has 5 nitrogen and oxygen atoms in total. The largest absolute Gasteiger partial charge is 0.385 e. The van der Waals surface area contributed by atoms with Crippen LogP contribution in [0.2, 0.25) is 0 Å². The van der Waals surface area contributed by atoms with Gasteiger partial charge in [-0.25, -0.2) is 0 Å². The number of hydrogen-bond acceptors (Lipinski definition) is 4. The molecule has 1 atom stereocenters. The zero-order valence-corrected chi connectivity index (χ0v) is 16.1. The van der Waals surface area contributed by atoms with Crippen molar-refractivity contribution in [2.45, 2.75) is 56.1 Å². The summed E-state index contributed by atoms with van der Waals surface area (Å²) in [5, 5.41) is 22.1. The number of carbonyl (C=O) groups is 1. The molecule has 1 aromatic rings. The van der Waals surface area contributed by atoms with E-state index in [-0.39, 0.29) is 5.91 Å². The van der Waals surface area contributed by atoms with E-state index in [0.29, 0.717) is 44.8 Å². The Morgan fingerprint density at radius 2 is 1.67 bits per heavy atom. The Kier molecular flexibility index (Phi) is 5.28. The molecule has 4 rings (SSSR count). The second-order valence-corrected chi connectivity index (χ2v) is 8.86. The van der Waals surface area contributed by atoms with Crippen LogP contribution in [0.5, 0.6) is 0 Å². The molecule has 2 N–H and O–H groups in total. The zero-order chi connectivity index (χ0) is 18.9. The third kappa shape index (κ3) is 3.91. The van der Waals surface area contributed by atoms with Crippen molar-refractivity contribution in [3.63, 3.8) is 0 Å². The Bertz CT molecular complexity index is 653. The average Bonchev–Trinajstić information content (AvgIpc) is 2.64. The Balaban J connectivity index is 1.35. The molecule has 2 saturated heterocycles. The molecule has 27 heavy (non-hydrogen) atoms. The number of carbonyl (C=O) groups excluding carboxylic acids is 1. The van der Waals surface area contributed by atoms with E-state index in [9.17, 15) is 15.0 Å². The lowest BCUT2D eigenvalue weighted by molar-refractivity contribution is -0.162. The van der Waals surface area contributed by atoms with E-state index in [1.54, 1.807) is 0 Å². The van der Waals surface area contributed by atoms with Crippen LogP contribution in [0.15, 0.2) is 30.3 Å². The van der Waals surface area contributed by atoms with Gasteiger partial charge in [-0.1, -0.05) is 36.8 Å². The highest BCUT2D eigenvalue weighted by atomic mass is 16.3. The van der Waals surface area contributed by atoms with Crippen LogP contribution < -0.4 is 0 Å². The number of amides is 1. The van der Waals surface area contributed by atoms with Crippen LogP contribution in [0.1, 0.15) is 50.5 Å². The zero-order valence-electron chi connectivity index (χ0n) is 16.1. The van der Waals surface area contributed by atoms with Gasteiger partial charge in [0.25, 0.3) is 5.91 Å². The van der Waals surface area contributed by atoms with E-state index in [0.717, 1.165) is 25.1 Å². The summed E-state index contributed by atoms with van der Waals surface area (Å²) in [5.41, 5.74) is -1.10. The van der Waals surface area contributed by atoms with Gasteiger partial charge in [0.05, 0.1) is 5.60 Å². The van der Waals surface area contributed by atoms with E-state index in [4.69, 9.17) is 0 Å². The number of aliphatic hydroxyl groups is 2. The van der Waals surface area contributed by atoms with Crippen molar-refractivity contribution in [1.82, 2.24) is 9.80 Å². The number of β-amino-alcohol motifs (C(OH)–C–C–N with tert-alkyl or cyclic N) is 1. The minimum atomic E-state index is -1.26. The molecule has 2 aliphatic heterocycles. The van der Waals surface area contributed by atoms with Crippen LogP contribution in [-0.4, -0.2) is 64.2 Å². The molecule has 1 aliphatic carbocycles. The molecule has 1 saturated carbocycles. The number of benzene rings is 1. The van der Waals surface area contributed by atoms with E-state index < -0.39 is 11.2 Å². The molecule has 0 spiro atoms. The fraction of sp³-hybridized carbons (Fsp3) is 0.682. The van der Waals surface area contributed by atoms with Crippen molar-refractivity contribution in [3.05, 3.63) is 35.9 Å². The molecule has 148 valence electrons. The predicted molar refractivity (Wildman–Crippen MR) is 104 cm³/mol. The van der Waals surface area contributed by atoms with Crippen LogP contribution >= 0.6 is 0 Å². The Morgan fingerprint density at radius 3 is 2.30 bits per heavy atom. The van der Waals surface area contributed by atoms with E-state index in [1.807, 2.05) is 35.2 Å². The summed E-state index contributed by atoms with van der Waals surface area (Å²) < 4.78 is 0. The van der Waals surface area contributed by atoms with Crippen LogP contribution in [0.3, 0.4) is 0 Å². The van der Waals surface area contributed by atoms with Gasteiger partial charge in [0, 0.05) is 32.7 Å². The molecule has 1 unspecified atom stereocenters. The number of hydrogen-bond donors (Lipinski definition) is 2. The molecule has 1 aromatic carbocycles. The Morgan fingerprint density at radius 1 is 0.963 bits per heavy atom. The number of rotatable bonds is 5. The third-order valence-electron chi connectivity index (χ3n) is 6.89. The van der Waals surface area contributed by atoms with Crippen LogP contribution in [0.4, 0.5) is 0 Å². The van der Waals surface area contributed by atoms with E-state index in [1.165, 1.54) is 19.3 Å². The summed E-state index contributed by atoms with van der Waals surface area (Å²) in [5.74, 6) is 0.553. The molecule has 5 heteroatoms. The Hall–Kier alpha value is -1.43. The minimum absolute atomic E-state index is 0.0791. The average molecular weight is 373 g/mol. The first-order valence-corrected chi connectivity index (χ1v) is 10.5. The summed E-state index contributed by atoms with van der Waals surface area (Å²) in [6, 6.07) is 9.83. The summed E-state index contributed by atoms with van der Waals surface area (Å²) in [7, 11) is 0. The van der Waals surface area contributed by atoms with Gasteiger partial charge in [0.15, 0.2) is 5.60 Å². The molecule has 1 amide bonds. The van der Waals surface area contributed by atoms with Gasteiger partial charge >= 0.3 is 0 Å². The lowest BCUT2D eigenvalue weighted by Crippen LogP contribution is -2.60. The van der Waals surface area contributed by atoms with Crippen molar-refractivity contribution >= 4 is 5.91 Å². The van der Waals surface area contributed by atoms with Gasteiger partial charge in [-0.2, -0.15) is 0 Å². The van der Waals surface area contributed by atoms with E-state index in [2.05, 4.69) is 4.90 Å². The van der Waals surface area contributed by atoms with Crippen LogP contribution in [-0.2, 0) is 10.4 Å². The molecule has 2 heterocycles. The summed E-state index contributed by atoms with van der Waals surface area (Å²) >= 11 is 0. The lowest BCUT2D eigenvalue weighted by Gasteiger charge is -2.45. The van der Waals surface area contributed by atoms with Gasteiger partial charge in [-0.15, -0.1) is 0 Å². The molecule has 0 radical (unpaired) electrons. The number of likely N-dealkylation sites (tertiary alicyclic amines) is 2. The number of nitrogens with zero attached hydrogens (tertiary/aromatic N) is 2. The smallest absolute Gasteiger partial charge is 0.255 e. The molecular weight excluding hydrogens is 340 g/mol. The second-order valence-electron chi connectivity index (χ2n) is 8.86. The van der Waals surface area contributed by atoms with Crippen LogP contribution in [0, 0.1) is 5.92 Å². The first kappa shape index (κ1) is 18.9. The maximum Gasteiger partial charge on any atom is 0.255 e. The van der Waals surface area contributed by atoms with Gasteiger partial charge in [0.1, 0.15) is 0 Å². The summed E-state index contributed by atoms with van der Waals surface area (Å²) in [6.07, 6.45) is 6.39. The monoisotopic (exact) mass is 372 g/mol. The first-order valence-electron chi connectivity index (χ1n) is 10.5. The normalized spacial score (nSPS) is 29.6. The summed E-state index contributed by atoms with van der Waals surface area (Å²) in [6.45, 7) is 3.38. The highest BCUT2D eigenvalue weighted by Crippen LogP contribution is 2.35. The maximum atomic E-state index is 12.9. The standard InChI is InChI=1S/C22H32N2O3/c25-20-22(27,10-5-13-24(20)16-18-6-4-7-18)17-23-14-11-21(26,12-15-23)19-8-2-1-3-9-19/h1-3,8-9,18,26-27H,4-7,10-17H2. The van der Waals surface area contributed by atoms with Gasteiger partial charge in [-0.3, -0.25) is 9.69 Å². The lowest BCUT2D eigenvalue weighted by atomic mass is 9.82. The third-order valence-corrected chi connectivity index (χ3v) is 6.89. The SMILES string of the molecule is O=C1N(CC2CCC2)CCCC1(O)CN1CCC(O)(c2ccccc2)CC1. The molecule has 0 aromatic heterocycles. The van der Waals surface area contributed by atoms with Crippen molar-refractivity contribution in [2.24, 2.45) is 5.92 Å². The molecule has 3 aliphatic rings. The molecular formula is C22H32N2O3. The fourth-order valence-electron chi connectivity index (χ4n) is 4.86. The molecule has 3 fully saturated rings. The van der Waals surface area contributed by atoms with Gasteiger partial charge in [-0.05, 0) is 50.0 Å². The van der Waals surface area contributed by atoms with Gasteiger partial charge < -0.3 is 15.1 Å². The summed E-state index contributed by atoms with van der Waals surface area (Å²) in [4.78, 5) is 17.0. The first-order chi connectivity index (χ1) is 13.0. The van der Waals surface area contributed by atoms with Crippen molar-refractivity contribution < 1.29 is 15.0 Å². The topological polar surface area (TPSA) is 64.0 Å². The maximum absolute atomic E-state index is 12.9. The fourth-order valence-corrected chi connectivity index (χ4v) is 4.86. The highest BCUT2D eigenvalue weighted by Gasteiger charge is 2.45. The number of piperidine rings is 2. The second kappa shape index (κ2) is 7.53. The van der Waals surface area contributed by atoms with Crippen molar-refractivity contribution in [1.29, 1.82) is 0 Å². The highest BCUT2D eigenvalue weighted by molar-refractivity contribution is 5.86. The van der Waals surface area contributed by atoms with Crippen molar-refractivity contribution in [3.8, 4) is 0 Å². The van der Waals surface area contributed by atoms with Crippen molar-refractivity contribution in [2.75, 3.05) is 32.7 Å². The van der Waals surface area contributed by atoms with Gasteiger partial charge in [0.2, 0.25) is 0 Å². The Labute approximate surface area is 162 Å². The molecule has 0 bridgehead atoms. The van der Waals surface area contributed by atoms with Crippen LogP contribution in [0.25, 0.3) is 0 Å². The predicted octanol–water partition coefficient (Wildman–Crippen LogP) is 2.12.